The number of carbonyl (C=O) groups is 1. The lowest BCUT2D eigenvalue weighted by molar-refractivity contribution is 0.0955. The van der Waals surface area contributed by atoms with Crippen molar-refractivity contribution in [2.45, 2.75) is 6.92 Å². The molecule has 0 radical (unpaired) electrons. The van der Waals surface area contributed by atoms with Gasteiger partial charge in [-0.15, -0.1) is 11.3 Å². The van der Waals surface area contributed by atoms with Gasteiger partial charge in [0.25, 0.3) is 5.91 Å². The van der Waals surface area contributed by atoms with Crippen LogP contribution in [0.1, 0.15) is 16.6 Å². The van der Waals surface area contributed by atoms with Crippen LogP contribution in [0.2, 0.25) is 4.34 Å². The Labute approximate surface area is 91.3 Å². The smallest absolute Gasteiger partial charge is 0.261 e. The van der Waals surface area contributed by atoms with E-state index in [1.165, 1.54) is 11.3 Å². The molecule has 74 valence electrons. The minimum atomic E-state index is -0.177. The van der Waals surface area contributed by atoms with Crippen molar-refractivity contribution in [3.63, 3.8) is 0 Å². The van der Waals surface area contributed by atoms with Crippen LogP contribution >= 0.6 is 22.9 Å². The Morgan fingerprint density at radius 1 is 1.79 bits per heavy atom. The lowest BCUT2D eigenvalue weighted by atomic mass is 10.2. The van der Waals surface area contributed by atoms with Crippen LogP contribution in [0.25, 0.3) is 0 Å². The van der Waals surface area contributed by atoms with Gasteiger partial charge in [-0.3, -0.25) is 4.79 Å². The Morgan fingerprint density at radius 2 is 2.50 bits per heavy atom. The molecule has 1 atom stereocenters. The van der Waals surface area contributed by atoms with Crippen LogP contribution in [-0.4, -0.2) is 12.5 Å². The highest BCUT2D eigenvalue weighted by Crippen LogP contribution is 2.20. The number of halogens is 1. The maximum Gasteiger partial charge on any atom is 0.261 e. The van der Waals surface area contributed by atoms with E-state index >= 15 is 0 Å². The molecule has 0 aliphatic carbocycles. The lowest BCUT2D eigenvalue weighted by Gasteiger charge is -2.03. The number of rotatable bonds is 3. The van der Waals surface area contributed by atoms with E-state index in [2.05, 4.69) is 5.32 Å². The molecule has 0 aliphatic heterocycles. The number of amides is 1. The molecule has 1 rings (SSSR count). The van der Waals surface area contributed by atoms with Gasteiger partial charge in [-0.25, -0.2) is 0 Å². The molecule has 0 saturated heterocycles. The third kappa shape index (κ3) is 3.02. The van der Waals surface area contributed by atoms with Gasteiger partial charge in [0.05, 0.1) is 21.2 Å². The molecule has 0 fully saturated rings. The quantitative estimate of drug-likeness (QED) is 0.863. The fraction of sp³-hybridized carbons (Fsp3) is 0.333. The molecule has 5 heteroatoms. The van der Waals surface area contributed by atoms with Gasteiger partial charge in [0.15, 0.2) is 0 Å². The van der Waals surface area contributed by atoms with Crippen molar-refractivity contribution in [1.82, 2.24) is 5.32 Å². The zero-order valence-electron chi connectivity index (χ0n) is 7.58. The first-order valence-corrected chi connectivity index (χ1v) is 5.26. The van der Waals surface area contributed by atoms with Crippen LogP contribution in [-0.2, 0) is 0 Å². The van der Waals surface area contributed by atoms with Crippen LogP contribution in [0.3, 0.4) is 0 Å². The largest absolute Gasteiger partial charge is 0.350 e. The van der Waals surface area contributed by atoms with Crippen molar-refractivity contribution in [2.24, 2.45) is 5.92 Å². The Balaban J connectivity index is 2.48. The van der Waals surface area contributed by atoms with Gasteiger partial charge in [-0.1, -0.05) is 11.6 Å². The van der Waals surface area contributed by atoms with Gasteiger partial charge >= 0.3 is 0 Å². The van der Waals surface area contributed by atoms with E-state index < -0.39 is 0 Å². The second-order valence-electron chi connectivity index (χ2n) is 2.84. The van der Waals surface area contributed by atoms with Crippen LogP contribution < -0.4 is 5.32 Å². The summed E-state index contributed by atoms with van der Waals surface area (Å²) in [5, 5.41) is 11.2. The molecule has 0 aliphatic rings. The topological polar surface area (TPSA) is 52.9 Å². The summed E-state index contributed by atoms with van der Waals surface area (Å²) in [7, 11) is 0. The molecule has 14 heavy (non-hydrogen) atoms. The molecule has 1 amide bonds. The number of nitrogens with one attached hydrogen (secondary N) is 1. The summed E-state index contributed by atoms with van der Waals surface area (Å²) in [5.74, 6) is -0.349. The van der Waals surface area contributed by atoms with Gasteiger partial charge in [-0.05, 0) is 19.1 Å². The van der Waals surface area contributed by atoms with Crippen LogP contribution in [0, 0.1) is 17.2 Å². The average molecular weight is 229 g/mol. The predicted molar refractivity (Wildman–Crippen MR) is 56.4 cm³/mol. The normalized spacial score (nSPS) is 11.8. The summed E-state index contributed by atoms with van der Waals surface area (Å²) >= 11 is 6.91. The van der Waals surface area contributed by atoms with E-state index in [1.807, 2.05) is 6.07 Å². The summed E-state index contributed by atoms with van der Waals surface area (Å²) in [6.45, 7) is 2.12. The minimum Gasteiger partial charge on any atom is -0.350 e. The Kier molecular flexibility index (Phi) is 3.93. The van der Waals surface area contributed by atoms with Crippen molar-refractivity contribution < 1.29 is 4.79 Å². The summed E-state index contributed by atoms with van der Waals surface area (Å²) in [4.78, 5) is 12.0. The third-order valence-electron chi connectivity index (χ3n) is 1.59. The number of carbonyl (C=O) groups excluding carboxylic acids is 1. The standard InChI is InChI=1S/C9H9ClN2OS/c1-6(4-11)5-12-9(13)7-2-3-8(10)14-7/h2-3,6H,5H2,1H3,(H,12,13). The molecule has 3 nitrogen and oxygen atoms in total. The highest BCUT2D eigenvalue weighted by molar-refractivity contribution is 7.17. The maximum absolute atomic E-state index is 11.4. The van der Waals surface area contributed by atoms with Gasteiger partial charge in [0.2, 0.25) is 0 Å². The van der Waals surface area contributed by atoms with Crippen molar-refractivity contribution in [3.05, 3.63) is 21.3 Å². The van der Waals surface area contributed by atoms with Crippen molar-refractivity contribution in [1.29, 1.82) is 5.26 Å². The molecule has 1 unspecified atom stereocenters. The number of nitrogens with zero attached hydrogens (tertiary/aromatic N) is 1. The van der Waals surface area contributed by atoms with E-state index in [0.29, 0.717) is 15.8 Å². The Bertz CT molecular complexity index is 369. The third-order valence-corrected chi connectivity index (χ3v) is 2.82. The number of hydrogen-bond donors (Lipinski definition) is 1. The summed E-state index contributed by atoms with van der Waals surface area (Å²) < 4.78 is 0.587. The predicted octanol–water partition coefficient (Wildman–Crippen LogP) is 2.29. The second-order valence-corrected chi connectivity index (χ2v) is 4.56. The van der Waals surface area contributed by atoms with Crippen LogP contribution in [0.15, 0.2) is 12.1 Å². The van der Waals surface area contributed by atoms with Crippen LogP contribution in [0.4, 0.5) is 0 Å². The highest BCUT2D eigenvalue weighted by atomic mass is 35.5. The molecule has 1 aromatic rings. The van der Waals surface area contributed by atoms with E-state index in [0.717, 1.165) is 0 Å². The molecule has 0 saturated carbocycles. The first kappa shape index (κ1) is 11.0. The minimum absolute atomic E-state index is 0.172. The van der Waals surface area contributed by atoms with Crippen LogP contribution in [0.5, 0.6) is 0 Å². The van der Waals surface area contributed by atoms with Crippen molar-refractivity contribution >= 4 is 28.8 Å². The van der Waals surface area contributed by atoms with Crippen molar-refractivity contribution in [3.8, 4) is 6.07 Å². The Morgan fingerprint density at radius 3 is 3.00 bits per heavy atom. The number of thiophene rings is 1. The number of nitriles is 1. The number of hydrogen-bond acceptors (Lipinski definition) is 3. The van der Waals surface area contributed by atoms with Crippen molar-refractivity contribution in [2.75, 3.05) is 6.54 Å². The van der Waals surface area contributed by atoms with Gasteiger partial charge in [-0.2, -0.15) is 5.26 Å². The average Bonchev–Trinajstić information content (AvgIpc) is 2.60. The molecule has 0 aromatic carbocycles. The van der Waals surface area contributed by atoms with E-state index in [9.17, 15) is 4.79 Å². The first-order valence-electron chi connectivity index (χ1n) is 4.06. The molecular weight excluding hydrogens is 220 g/mol. The second kappa shape index (κ2) is 4.99. The maximum atomic E-state index is 11.4. The van der Waals surface area contributed by atoms with E-state index in [4.69, 9.17) is 16.9 Å². The van der Waals surface area contributed by atoms with E-state index in [1.54, 1.807) is 19.1 Å². The monoisotopic (exact) mass is 228 g/mol. The molecular formula is C9H9ClN2OS. The summed E-state index contributed by atoms with van der Waals surface area (Å²) in [5.41, 5.74) is 0. The SMILES string of the molecule is CC(C#N)CNC(=O)c1ccc(Cl)s1. The zero-order valence-corrected chi connectivity index (χ0v) is 9.15. The van der Waals surface area contributed by atoms with E-state index in [-0.39, 0.29) is 11.8 Å². The highest BCUT2D eigenvalue weighted by Gasteiger charge is 2.09. The lowest BCUT2D eigenvalue weighted by Crippen LogP contribution is -2.26. The molecule has 1 aromatic heterocycles. The van der Waals surface area contributed by atoms with Gasteiger partial charge in [0, 0.05) is 6.54 Å². The molecule has 1 heterocycles. The summed E-state index contributed by atoms with van der Waals surface area (Å²) in [6, 6.07) is 5.38. The first-order chi connectivity index (χ1) is 6.63. The fourth-order valence-corrected chi connectivity index (χ4v) is 1.77. The molecule has 0 bridgehead atoms. The van der Waals surface area contributed by atoms with Gasteiger partial charge < -0.3 is 5.32 Å². The zero-order chi connectivity index (χ0) is 10.6. The Hall–Kier alpha value is -1.05. The molecule has 1 N–H and O–H groups in total. The molecule has 0 spiro atoms. The summed E-state index contributed by atoms with van der Waals surface area (Å²) in [6.07, 6.45) is 0. The van der Waals surface area contributed by atoms with Gasteiger partial charge in [0.1, 0.15) is 0 Å². The fourth-order valence-electron chi connectivity index (χ4n) is 0.815.